The number of nitrogens with one attached hydrogen (secondary N) is 1. The summed E-state index contributed by atoms with van der Waals surface area (Å²) in [5.41, 5.74) is 2.46. The van der Waals surface area contributed by atoms with Crippen molar-refractivity contribution in [2.75, 3.05) is 27.4 Å². The minimum absolute atomic E-state index is 0.0737. The van der Waals surface area contributed by atoms with Gasteiger partial charge >= 0.3 is 0 Å². The topological polar surface area (TPSA) is 93.0 Å². The normalized spacial score (nSPS) is 12.8. The number of amides is 1. The third kappa shape index (κ3) is 9.32. The van der Waals surface area contributed by atoms with Crippen LogP contribution in [0.2, 0.25) is 0 Å². The van der Waals surface area contributed by atoms with Gasteiger partial charge in [0.25, 0.3) is 8.53 Å². The molecule has 0 aliphatic rings. The molecule has 0 aromatic heterocycles. The summed E-state index contributed by atoms with van der Waals surface area (Å²) in [4.78, 5) is 13.7. The largest absolute Gasteiger partial charge is 0.497 e. The van der Waals surface area contributed by atoms with E-state index < -0.39 is 20.0 Å². The first-order chi connectivity index (χ1) is 22.2. The van der Waals surface area contributed by atoms with Gasteiger partial charge in [0.05, 0.1) is 39.9 Å². The van der Waals surface area contributed by atoms with Gasteiger partial charge in [-0.05, 0) is 81.5 Å². The molecule has 0 aliphatic carbocycles. The number of carbonyl (C=O) groups is 1. The fourth-order valence-corrected chi connectivity index (χ4v) is 7.36. The summed E-state index contributed by atoms with van der Waals surface area (Å²) in [6.07, 6.45) is 5.70. The summed E-state index contributed by atoms with van der Waals surface area (Å²) in [6, 6.07) is 28.6. The number of hydrogen-bond donors (Lipinski definition) is 1. The molecule has 0 fully saturated rings. The lowest BCUT2D eigenvalue weighted by molar-refractivity contribution is -0.128. The van der Waals surface area contributed by atoms with E-state index in [1.165, 1.54) is 0 Å². The van der Waals surface area contributed by atoms with Crippen molar-refractivity contribution in [1.29, 1.82) is 5.26 Å². The van der Waals surface area contributed by atoms with Gasteiger partial charge in [-0.2, -0.15) is 5.26 Å². The van der Waals surface area contributed by atoms with Crippen molar-refractivity contribution in [1.82, 2.24) is 9.99 Å². The first-order valence-electron chi connectivity index (χ1n) is 15.5. The van der Waals surface area contributed by atoms with Crippen molar-refractivity contribution in [3.05, 3.63) is 95.6 Å². The third-order valence-corrected chi connectivity index (χ3v) is 9.89. The summed E-state index contributed by atoms with van der Waals surface area (Å²) in [6.45, 7) is 8.52. The van der Waals surface area contributed by atoms with Crippen LogP contribution in [0.1, 0.15) is 63.6 Å². The maximum absolute atomic E-state index is 13.7. The molecule has 3 aromatic carbocycles. The van der Waals surface area contributed by atoms with Crippen molar-refractivity contribution >= 4 is 14.4 Å². The standard InChI is InChI=1S/C37H46N3O5P/c1-8-26-39-36(41)35(45-46(44-27-12-25-38)40(28(2)3)29(4)5)23-24-37(30-13-10-9-11-14-30,31-15-19-33(42-6)20-16-31)32-17-21-34(43-7)22-18-32/h1,9-11,13-22,28-29,35H,12,23-24,26-27H2,2-7H3,(H,39,41)/t35-,46?/m1/s1. The fourth-order valence-electron chi connectivity index (χ4n) is 5.64. The molecule has 2 atom stereocenters. The summed E-state index contributed by atoms with van der Waals surface area (Å²) in [5, 5.41) is 12.0. The summed E-state index contributed by atoms with van der Waals surface area (Å²) >= 11 is 0. The number of methoxy groups -OCH3 is 2. The molecular weight excluding hydrogens is 597 g/mol. The number of rotatable bonds is 18. The van der Waals surface area contributed by atoms with Gasteiger partial charge in [-0.3, -0.25) is 4.79 Å². The zero-order valence-corrected chi connectivity index (χ0v) is 28.6. The number of hydrogen-bond acceptors (Lipinski definition) is 7. The van der Waals surface area contributed by atoms with Gasteiger partial charge in [0.1, 0.15) is 17.6 Å². The zero-order chi connectivity index (χ0) is 33.5. The molecule has 0 saturated carbocycles. The van der Waals surface area contributed by atoms with E-state index in [1.54, 1.807) is 14.2 Å². The van der Waals surface area contributed by atoms with Crippen LogP contribution in [-0.4, -0.2) is 56.1 Å². The molecule has 1 N–H and O–H groups in total. The molecular formula is C37H46N3O5P. The van der Waals surface area contributed by atoms with Gasteiger partial charge < -0.3 is 23.8 Å². The van der Waals surface area contributed by atoms with Crippen LogP contribution in [0.4, 0.5) is 0 Å². The van der Waals surface area contributed by atoms with E-state index in [-0.39, 0.29) is 37.6 Å². The molecule has 0 radical (unpaired) electrons. The number of carbonyl (C=O) groups excluding carboxylic acids is 1. The Kier molecular flexibility index (Phi) is 14.5. The average molecular weight is 644 g/mol. The number of nitriles is 1. The Labute approximate surface area is 276 Å². The van der Waals surface area contributed by atoms with E-state index in [1.807, 2.05) is 42.5 Å². The van der Waals surface area contributed by atoms with Crippen LogP contribution in [0.15, 0.2) is 78.9 Å². The predicted octanol–water partition coefficient (Wildman–Crippen LogP) is 7.23. The van der Waals surface area contributed by atoms with Crippen LogP contribution in [0.5, 0.6) is 11.5 Å². The van der Waals surface area contributed by atoms with Crippen molar-refractivity contribution in [2.24, 2.45) is 0 Å². The number of benzene rings is 3. The van der Waals surface area contributed by atoms with Gasteiger partial charge in [-0.1, -0.05) is 60.5 Å². The maximum Gasteiger partial charge on any atom is 0.260 e. The number of nitrogens with zero attached hydrogens (tertiary/aromatic N) is 2. The van der Waals surface area contributed by atoms with Crippen molar-refractivity contribution in [2.45, 2.75) is 70.6 Å². The van der Waals surface area contributed by atoms with Crippen LogP contribution in [0.25, 0.3) is 0 Å². The summed E-state index contributed by atoms with van der Waals surface area (Å²) in [7, 11) is 1.61. The Morgan fingerprint density at radius 1 is 0.891 bits per heavy atom. The predicted molar refractivity (Wildman–Crippen MR) is 183 cm³/mol. The molecule has 8 nitrogen and oxygen atoms in total. The quantitative estimate of drug-likeness (QED) is 0.0677. The first kappa shape index (κ1) is 36.6. The first-order valence-corrected chi connectivity index (χ1v) is 16.7. The second-order valence-electron chi connectivity index (χ2n) is 11.3. The molecule has 244 valence electrons. The van der Waals surface area contributed by atoms with Crippen LogP contribution >= 0.6 is 8.53 Å². The maximum atomic E-state index is 13.7. The van der Waals surface area contributed by atoms with Crippen LogP contribution in [-0.2, 0) is 19.3 Å². The smallest absolute Gasteiger partial charge is 0.260 e. The van der Waals surface area contributed by atoms with Crippen LogP contribution < -0.4 is 14.8 Å². The van der Waals surface area contributed by atoms with Crippen LogP contribution in [0, 0.1) is 23.7 Å². The van der Waals surface area contributed by atoms with Gasteiger partial charge in [-0.15, -0.1) is 6.42 Å². The molecule has 0 bridgehead atoms. The Bertz CT molecular complexity index is 1380. The lowest BCUT2D eigenvalue weighted by Gasteiger charge is -2.39. The average Bonchev–Trinajstić information content (AvgIpc) is 3.07. The van der Waals surface area contributed by atoms with E-state index >= 15 is 0 Å². The summed E-state index contributed by atoms with van der Waals surface area (Å²) in [5.74, 6) is 3.68. The second-order valence-corrected chi connectivity index (χ2v) is 12.7. The van der Waals surface area contributed by atoms with Crippen molar-refractivity contribution in [3.8, 4) is 29.9 Å². The monoisotopic (exact) mass is 643 g/mol. The minimum atomic E-state index is -1.69. The van der Waals surface area contributed by atoms with Gasteiger partial charge in [0, 0.05) is 17.5 Å². The van der Waals surface area contributed by atoms with Gasteiger partial charge in [0.2, 0.25) is 5.91 Å². The Morgan fingerprint density at radius 3 is 1.87 bits per heavy atom. The molecule has 0 saturated heterocycles. The van der Waals surface area contributed by atoms with Crippen molar-refractivity contribution in [3.63, 3.8) is 0 Å². The molecule has 0 heterocycles. The highest BCUT2D eigenvalue weighted by Gasteiger charge is 2.39. The molecule has 46 heavy (non-hydrogen) atoms. The highest BCUT2D eigenvalue weighted by atomic mass is 31.2. The molecule has 3 aromatic rings. The highest BCUT2D eigenvalue weighted by Crippen LogP contribution is 2.49. The Morgan fingerprint density at radius 2 is 1.41 bits per heavy atom. The molecule has 1 amide bonds. The van der Waals surface area contributed by atoms with Gasteiger partial charge in [0.15, 0.2) is 0 Å². The molecule has 0 aliphatic heterocycles. The van der Waals surface area contributed by atoms with E-state index in [9.17, 15) is 10.1 Å². The van der Waals surface area contributed by atoms with E-state index in [0.717, 1.165) is 28.2 Å². The lowest BCUT2D eigenvalue weighted by Crippen LogP contribution is -2.41. The molecule has 1 unspecified atom stereocenters. The number of ether oxygens (including phenoxy) is 2. The lowest BCUT2D eigenvalue weighted by atomic mass is 9.66. The molecule has 0 spiro atoms. The number of terminal acetylenes is 1. The van der Waals surface area contributed by atoms with E-state index in [4.69, 9.17) is 24.9 Å². The van der Waals surface area contributed by atoms with E-state index in [2.05, 4.69) is 86.1 Å². The van der Waals surface area contributed by atoms with Gasteiger partial charge in [-0.25, -0.2) is 4.67 Å². The SMILES string of the molecule is C#CCNC(=O)[C@@H](CCC(c1ccccc1)(c1ccc(OC)cc1)c1ccc(OC)cc1)OP(OCCC#N)N(C(C)C)C(C)C. The highest BCUT2D eigenvalue weighted by molar-refractivity contribution is 7.44. The third-order valence-electron chi connectivity index (χ3n) is 7.75. The molecule has 9 heteroatoms. The fraction of sp³-hybridized carbons (Fsp3) is 0.405. The second kappa shape index (κ2) is 18.3. The Balaban J connectivity index is 2.16. The van der Waals surface area contributed by atoms with Crippen molar-refractivity contribution < 1.29 is 23.3 Å². The van der Waals surface area contributed by atoms with Crippen LogP contribution in [0.3, 0.4) is 0 Å². The zero-order valence-electron chi connectivity index (χ0n) is 27.7. The Hall–Kier alpha value is -3.91. The molecule has 3 rings (SSSR count). The summed E-state index contributed by atoms with van der Waals surface area (Å²) < 4.78 is 25.9. The van der Waals surface area contributed by atoms with E-state index in [0.29, 0.717) is 12.8 Å². The minimum Gasteiger partial charge on any atom is -0.497 e.